The molecule has 0 heterocycles. The third-order valence-electron chi connectivity index (χ3n) is 4.16. The van der Waals surface area contributed by atoms with Gasteiger partial charge in [0.1, 0.15) is 11.4 Å². The maximum atomic E-state index is 11.9. The number of carbonyl (C=O) groups is 1. The summed E-state index contributed by atoms with van der Waals surface area (Å²) in [5.41, 5.74) is -0.980. The molecule has 0 saturated heterocycles. The van der Waals surface area contributed by atoms with Crippen molar-refractivity contribution in [3.63, 3.8) is 0 Å². The topological polar surface area (TPSA) is 37.3 Å². The minimum absolute atomic E-state index is 0.111. The van der Waals surface area contributed by atoms with Crippen molar-refractivity contribution in [2.75, 3.05) is 0 Å². The molecule has 0 amide bonds. The van der Waals surface area contributed by atoms with Crippen LogP contribution in [0.4, 0.5) is 0 Å². The van der Waals surface area contributed by atoms with Gasteiger partial charge in [0, 0.05) is 18.8 Å². The molecule has 1 saturated carbocycles. The van der Waals surface area contributed by atoms with Crippen LogP contribution in [0, 0.1) is 23.2 Å². The zero-order chi connectivity index (χ0) is 14.8. The lowest BCUT2D eigenvalue weighted by Crippen LogP contribution is -2.48. The lowest BCUT2D eigenvalue weighted by atomic mass is 9.61. The Morgan fingerprint density at radius 3 is 2.50 bits per heavy atom. The van der Waals surface area contributed by atoms with Crippen LogP contribution in [0.25, 0.3) is 0 Å². The molecule has 1 N–H and O–H groups in total. The van der Waals surface area contributed by atoms with E-state index in [1.807, 2.05) is 51.1 Å². The Balaban J connectivity index is 2.49. The molecule has 0 bridgehead atoms. The molecule has 0 radical (unpaired) electrons. The average Bonchev–Trinajstić information content (AvgIpc) is 2.42. The summed E-state index contributed by atoms with van der Waals surface area (Å²) in [5, 5.41) is 11.2. The monoisotopic (exact) mass is 270 g/mol. The van der Waals surface area contributed by atoms with Crippen molar-refractivity contribution in [1.29, 1.82) is 0 Å². The number of aliphatic hydroxyl groups is 1. The summed E-state index contributed by atoms with van der Waals surface area (Å²) in [6, 6.07) is 9.46. The predicted octanol–water partition coefficient (Wildman–Crippen LogP) is 3.29. The summed E-state index contributed by atoms with van der Waals surface area (Å²) in [5.74, 6) is 6.79. The van der Waals surface area contributed by atoms with Crippen LogP contribution >= 0.6 is 0 Å². The lowest BCUT2D eigenvalue weighted by Gasteiger charge is -2.45. The van der Waals surface area contributed by atoms with Crippen molar-refractivity contribution in [2.45, 2.75) is 45.6 Å². The maximum absolute atomic E-state index is 11.9. The summed E-state index contributed by atoms with van der Waals surface area (Å²) in [7, 11) is 0. The predicted molar refractivity (Wildman–Crippen MR) is 79.9 cm³/mol. The highest BCUT2D eigenvalue weighted by Gasteiger charge is 2.51. The SMILES string of the molecule is CC(C)C#C[C@@]1(C)CCC(=O)C[C@@]1(O)c1ccccc1. The molecule has 0 spiro atoms. The second kappa shape index (κ2) is 5.42. The van der Waals surface area contributed by atoms with Crippen LogP contribution in [0.3, 0.4) is 0 Å². The zero-order valence-corrected chi connectivity index (χ0v) is 12.4. The standard InChI is InChI=1S/C18H22O2/c1-14(2)9-11-17(3)12-10-16(19)13-18(17,20)15-7-5-4-6-8-15/h4-8,14,20H,10,12-13H2,1-3H3/t17-,18+/m0/s1. The van der Waals surface area contributed by atoms with Gasteiger partial charge in [0.2, 0.25) is 0 Å². The molecule has 20 heavy (non-hydrogen) atoms. The molecule has 1 aliphatic rings. The number of carbonyl (C=O) groups excluding carboxylic acids is 1. The number of benzene rings is 1. The fraction of sp³-hybridized carbons (Fsp3) is 0.500. The van der Waals surface area contributed by atoms with Crippen molar-refractivity contribution < 1.29 is 9.90 Å². The molecule has 2 atom stereocenters. The number of ketones is 1. The molecule has 1 aliphatic carbocycles. The van der Waals surface area contributed by atoms with E-state index in [4.69, 9.17) is 0 Å². The van der Waals surface area contributed by atoms with Crippen LogP contribution in [0.15, 0.2) is 30.3 Å². The quantitative estimate of drug-likeness (QED) is 0.795. The van der Waals surface area contributed by atoms with Crippen LogP contribution in [-0.4, -0.2) is 10.9 Å². The summed E-state index contributed by atoms with van der Waals surface area (Å²) in [6.07, 6.45) is 1.26. The molecule has 2 nitrogen and oxygen atoms in total. The highest BCUT2D eigenvalue weighted by Crippen LogP contribution is 2.49. The van der Waals surface area contributed by atoms with Crippen molar-refractivity contribution in [3.05, 3.63) is 35.9 Å². The van der Waals surface area contributed by atoms with Gasteiger partial charge in [0.25, 0.3) is 0 Å². The van der Waals surface area contributed by atoms with Crippen LogP contribution < -0.4 is 0 Å². The van der Waals surface area contributed by atoms with E-state index in [2.05, 4.69) is 11.8 Å². The Morgan fingerprint density at radius 1 is 1.25 bits per heavy atom. The summed E-state index contributed by atoms with van der Waals surface area (Å²) >= 11 is 0. The largest absolute Gasteiger partial charge is 0.383 e. The van der Waals surface area contributed by atoms with Gasteiger partial charge >= 0.3 is 0 Å². The van der Waals surface area contributed by atoms with E-state index < -0.39 is 11.0 Å². The Kier molecular flexibility index (Phi) is 4.01. The number of hydrogen-bond acceptors (Lipinski definition) is 2. The number of hydrogen-bond donors (Lipinski definition) is 1. The number of rotatable bonds is 1. The van der Waals surface area contributed by atoms with E-state index in [1.165, 1.54) is 0 Å². The van der Waals surface area contributed by atoms with E-state index in [0.717, 1.165) is 5.56 Å². The first-order valence-electron chi connectivity index (χ1n) is 7.20. The molecule has 1 fully saturated rings. The summed E-state index contributed by atoms with van der Waals surface area (Å²) in [4.78, 5) is 11.9. The molecule has 0 aliphatic heterocycles. The molecule has 106 valence electrons. The minimum Gasteiger partial charge on any atom is -0.383 e. The fourth-order valence-electron chi connectivity index (χ4n) is 2.77. The molecule has 0 aromatic heterocycles. The van der Waals surface area contributed by atoms with Gasteiger partial charge in [-0.15, -0.1) is 0 Å². The van der Waals surface area contributed by atoms with Crippen LogP contribution in [0.1, 0.15) is 45.6 Å². The van der Waals surface area contributed by atoms with Crippen molar-refractivity contribution in [1.82, 2.24) is 0 Å². The first kappa shape index (κ1) is 14.8. The van der Waals surface area contributed by atoms with E-state index >= 15 is 0 Å². The van der Waals surface area contributed by atoms with Gasteiger partial charge in [-0.2, -0.15) is 0 Å². The van der Waals surface area contributed by atoms with Gasteiger partial charge < -0.3 is 5.11 Å². The molecular formula is C18H22O2. The van der Waals surface area contributed by atoms with Gasteiger partial charge in [-0.1, -0.05) is 56.0 Å². The van der Waals surface area contributed by atoms with Gasteiger partial charge in [0.05, 0.1) is 5.41 Å². The second-order valence-corrected chi connectivity index (χ2v) is 6.20. The van der Waals surface area contributed by atoms with E-state index in [0.29, 0.717) is 12.8 Å². The van der Waals surface area contributed by atoms with Crippen molar-refractivity contribution >= 4 is 5.78 Å². The highest BCUT2D eigenvalue weighted by molar-refractivity contribution is 5.81. The molecule has 0 unspecified atom stereocenters. The normalized spacial score (nSPS) is 29.9. The third-order valence-corrected chi connectivity index (χ3v) is 4.16. The number of Topliss-reactive ketones (excluding diaryl/α,β-unsaturated/α-hetero) is 1. The van der Waals surface area contributed by atoms with Crippen LogP contribution in [-0.2, 0) is 10.4 Å². The van der Waals surface area contributed by atoms with Gasteiger partial charge in [-0.3, -0.25) is 4.79 Å². The first-order valence-corrected chi connectivity index (χ1v) is 7.20. The summed E-state index contributed by atoms with van der Waals surface area (Å²) in [6.45, 7) is 6.04. The Morgan fingerprint density at radius 2 is 1.90 bits per heavy atom. The molecule has 1 aromatic rings. The van der Waals surface area contributed by atoms with E-state index in [-0.39, 0.29) is 18.1 Å². The van der Waals surface area contributed by atoms with Gasteiger partial charge in [-0.25, -0.2) is 0 Å². The molecule has 2 heteroatoms. The summed E-state index contributed by atoms with van der Waals surface area (Å²) < 4.78 is 0. The zero-order valence-electron chi connectivity index (χ0n) is 12.4. The Bertz CT molecular complexity index is 550. The first-order chi connectivity index (χ1) is 9.37. The molecule has 2 rings (SSSR count). The van der Waals surface area contributed by atoms with E-state index in [9.17, 15) is 9.90 Å². The van der Waals surface area contributed by atoms with Crippen LogP contribution in [0.2, 0.25) is 0 Å². The van der Waals surface area contributed by atoms with Crippen LogP contribution in [0.5, 0.6) is 0 Å². The second-order valence-electron chi connectivity index (χ2n) is 6.20. The minimum atomic E-state index is -1.19. The van der Waals surface area contributed by atoms with Gasteiger partial charge in [-0.05, 0) is 18.9 Å². The Hall–Kier alpha value is -1.59. The van der Waals surface area contributed by atoms with E-state index in [1.54, 1.807) is 0 Å². The fourth-order valence-corrected chi connectivity index (χ4v) is 2.77. The van der Waals surface area contributed by atoms with Gasteiger partial charge in [0.15, 0.2) is 0 Å². The Labute approximate surface area is 121 Å². The third kappa shape index (κ3) is 2.64. The smallest absolute Gasteiger partial charge is 0.136 e. The van der Waals surface area contributed by atoms with Crippen molar-refractivity contribution in [2.24, 2.45) is 11.3 Å². The van der Waals surface area contributed by atoms with Crippen molar-refractivity contribution in [3.8, 4) is 11.8 Å². The maximum Gasteiger partial charge on any atom is 0.136 e. The lowest BCUT2D eigenvalue weighted by molar-refractivity contribution is -0.139. The molecule has 1 aromatic carbocycles. The molecular weight excluding hydrogens is 248 g/mol. The average molecular weight is 270 g/mol. The highest BCUT2D eigenvalue weighted by atomic mass is 16.3.